The molecule has 0 atom stereocenters. The second-order valence-electron chi connectivity index (χ2n) is 7.13. The number of hydrogen-bond donors (Lipinski definition) is 2. The molecule has 9 nitrogen and oxygen atoms in total. The quantitative estimate of drug-likeness (QED) is 0.366. The maximum atomic E-state index is 10.6. The number of rotatable bonds is 9. The number of carboxylic acids is 2. The summed E-state index contributed by atoms with van der Waals surface area (Å²) in [6, 6.07) is 14.1. The minimum absolute atomic E-state index is 0.256. The molecule has 2 aromatic carbocycles. The molecule has 34 heavy (non-hydrogen) atoms. The normalized spacial score (nSPS) is 10.5. The number of carboxylic acid groups (broad SMARTS) is 2. The van der Waals surface area contributed by atoms with Crippen molar-refractivity contribution >= 4 is 18.0 Å². The number of benzene rings is 2. The lowest BCUT2D eigenvalue weighted by Gasteiger charge is -2.06. The summed E-state index contributed by atoms with van der Waals surface area (Å²) in [7, 11) is 0. The van der Waals surface area contributed by atoms with Crippen LogP contribution in [0.5, 0.6) is 5.75 Å². The third-order valence-electron chi connectivity index (χ3n) is 4.60. The van der Waals surface area contributed by atoms with Gasteiger partial charge in [-0.3, -0.25) is 0 Å². The van der Waals surface area contributed by atoms with Crippen molar-refractivity contribution in [3.8, 4) is 5.75 Å². The van der Waals surface area contributed by atoms with Crippen molar-refractivity contribution in [3.05, 3.63) is 109 Å². The molecule has 4 aromatic rings. The Labute approximate surface area is 196 Å². The summed E-state index contributed by atoms with van der Waals surface area (Å²) in [5, 5.41) is 17.2. The second kappa shape index (κ2) is 12.4. The van der Waals surface area contributed by atoms with Crippen molar-refractivity contribution in [1.82, 2.24) is 19.1 Å². The van der Waals surface area contributed by atoms with Crippen LogP contribution in [0.2, 0.25) is 0 Å². The van der Waals surface area contributed by atoms with Crippen molar-refractivity contribution in [1.29, 1.82) is 0 Å². The Balaban J connectivity index is 0.000000191. The van der Waals surface area contributed by atoms with Crippen molar-refractivity contribution in [3.63, 3.8) is 0 Å². The zero-order valence-electron chi connectivity index (χ0n) is 18.3. The summed E-state index contributed by atoms with van der Waals surface area (Å²) in [6.45, 7) is 1.99. The maximum Gasteiger partial charge on any atom is 0.335 e. The molecule has 0 aliphatic rings. The highest BCUT2D eigenvalue weighted by molar-refractivity contribution is 5.87. The number of imidazole rings is 2. The number of aromatic nitrogens is 4. The van der Waals surface area contributed by atoms with E-state index in [0.29, 0.717) is 18.9 Å². The molecule has 174 valence electrons. The van der Waals surface area contributed by atoms with E-state index in [1.807, 2.05) is 45.8 Å². The minimum atomic E-state index is -0.938. The van der Waals surface area contributed by atoms with Crippen LogP contribution in [0.4, 0.5) is 0 Å². The van der Waals surface area contributed by atoms with Crippen LogP contribution in [0.15, 0.2) is 92.0 Å². The third kappa shape index (κ3) is 8.12. The van der Waals surface area contributed by atoms with Gasteiger partial charge in [-0.15, -0.1) is 0 Å². The molecule has 0 fully saturated rings. The summed E-state index contributed by atoms with van der Waals surface area (Å²) < 4.78 is 9.36. The standard InChI is InChI=1S/C13H12N2O2.C12H12N2O3/c16-13(17)6-5-11-1-3-12(4-2-11)9-15-8-7-14-10-15;15-12(16)10-1-3-11(4-2-10)17-8-7-14-6-5-13-9-14/h1-8,10H,9H2,(H,16,17);1-6,9H,7-8H2,(H,15,16)/b6-5+;. The minimum Gasteiger partial charge on any atom is -0.492 e. The molecule has 2 N–H and O–H groups in total. The van der Waals surface area contributed by atoms with Gasteiger partial charge in [-0.1, -0.05) is 24.3 Å². The fourth-order valence-electron chi connectivity index (χ4n) is 2.87. The lowest BCUT2D eigenvalue weighted by Crippen LogP contribution is -2.06. The zero-order chi connectivity index (χ0) is 24.2. The Morgan fingerprint density at radius 1 is 0.882 bits per heavy atom. The molecule has 0 radical (unpaired) electrons. The Morgan fingerprint density at radius 3 is 2.09 bits per heavy atom. The first-order valence-electron chi connectivity index (χ1n) is 10.4. The van der Waals surface area contributed by atoms with Crippen LogP contribution in [0.25, 0.3) is 6.08 Å². The largest absolute Gasteiger partial charge is 0.492 e. The molecule has 2 aromatic heterocycles. The average molecular weight is 460 g/mol. The first kappa shape index (κ1) is 24.0. The van der Waals surface area contributed by atoms with Gasteiger partial charge in [0.15, 0.2) is 0 Å². The molecule has 0 bridgehead atoms. The van der Waals surface area contributed by atoms with E-state index in [1.54, 1.807) is 43.3 Å². The molecular weight excluding hydrogens is 436 g/mol. The highest BCUT2D eigenvalue weighted by Gasteiger charge is 2.02. The topological polar surface area (TPSA) is 119 Å². The van der Waals surface area contributed by atoms with Crippen LogP contribution in [0.1, 0.15) is 21.5 Å². The molecule has 0 aliphatic carbocycles. The second-order valence-corrected chi connectivity index (χ2v) is 7.13. The molecule has 9 heteroatoms. The number of aromatic carboxylic acids is 1. The molecule has 0 unspecified atom stereocenters. The highest BCUT2D eigenvalue weighted by Crippen LogP contribution is 2.12. The van der Waals surface area contributed by atoms with Crippen molar-refractivity contribution in [2.24, 2.45) is 0 Å². The first-order valence-corrected chi connectivity index (χ1v) is 10.4. The summed E-state index contributed by atoms with van der Waals surface area (Å²) in [5.41, 5.74) is 2.28. The number of nitrogens with zero attached hydrogens (tertiary/aromatic N) is 4. The van der Waals surface area contributed by atoms with Crippen LogP contribution in [0, 0.1) is 0 Å². The van der Waals surface area contributed by atoms with Gasteiger partial charge in [0.2, 0.25) is 0 Å². The van der Waals surface area contributed by atoms with Crippen molar-refractivity contribution in [2.75, 3.05) is 6.61 Å². The smallest absolute Gasteiger partial charge is 0.335 e. The van der Waals surface area contributed by atoms with E-state index in [-0.39, 0.29) is 5.56 Å². The van der Waals surface area contributed by atoms with Gasteiger partial charge in [0.1, 0.15) is 12.4 Å². The summed E-state index contributed by atoms with van der Waals surface area (Å²) in [5.74, 6) is -1.21. The molecule has 4 rings (SSSR count). The molecular formula is C25H24N4O5. The summed E-state index contributed by atoms with van der Waals surface area (Å²) in [6.07, 6.45) is 13.4. The number of ether oxygens (including phenoxy) is 1. The van der Waals surface area contributed by atoms with E-state index in [0.717, 1.165) is 23.7 Å². The Bertz CT molecular complexity index is 1180. The van der Waals surface area contributed by atoms with E-state index < -0.39 is 11.9 Å². The Morgan fingerprint density at radius 2 is 1.53 bits per heavy atom. The fourth-order valence-corrected chi connectivity index (χ4v) is 2.87. The van der Waals surface area contributed by atoms with Crippen LogP contribution in [-0.4, -0.2) is 47.9 Å². The van der Waals surface area contributed by atoms with Crippen molar-refractivity contribution in [2.45, 2.75) is 13.1 Å². The predicted molar refractivity (Wildman–Crippen MR) is 126 cm³/mol. The van der Waals surface area contributed by atoms with Gasteiger partial charge in [-0.05, 0) is 41.5 Å². The molecule has 0 saturated heterocycles. The predicted octanol–water partition coefficient (Wildman–Crippen LogP) is 3.69. The van der Waals surface area contributed by atoms with Gasteiger partial charge in [-0.2, -0.15) is 0 Å². The highest BCUT2D eigenvalue weighted by atomic mass is 16.5. The zero-order valence-corrected chi connectivity index (χ0v) is 18.3. The fraction of sp³-hybridized carbons (Fsp3) is 0.120. The molecule has 0 amide bonds. The molecule has 2 heterocycles. The average Bonchev–Trinajstić information content (AvgIpc) is 3.54. The lowest BCUT2D eigenvalue weighted by molar-refractivity contribution is -0.131. The van der Waals surface area contributed by atoms with Gasteiger partial charge >= 0.3 is 11.9 Å². The van der Waals surface area contributed by atoms with Crippen LogP contribution in [0.3, 0.4) is 0 Å². The Kier molecular flexibility index (Phi) is 8.75. The number of aliphatic carboxylic acids is 1. The van der Waals surface area contributed by atoms with E-state index in [4.69, 9.17) is 14.9 Å². The Hall–Kier alpha value is -4.66. The van der Waals surface area contributed by atoms with Crippen LogP contribution < -0.4 is 4.74 Å². The van der Waals surface area contributed by atoms with Crippen molar-refractivity contribution < 1.29 is 24.5 Å². The molecule has 0 spiro atoms. The molecule has 0 saturated carbocycles. The van der Waals surface area contributed by atoms with Gasteiger partial charge < -0.3 is 24.1 Å². The third-order valence-corrected chi connectivity index (χ3v) is 4.60. The van der Waals surface area contributed by atoms with E-state index >= 15 is 0 Å². The SMILES string of the molecule is O=C(O)/C=C/c1ccc(Cn2ccnc2)cc1.O=C(O)c1ccc(OCCn2ccnc2)cc1. The van der Waals surface area contributed by atoms with Crippen LogP contribution in [-0.2, 0) is 17.9 Å². The van der Waals surface area contributed by atoms with Crippen LogP contribution >= 0.6 is 0 Å². The lowest BCUT2D eigenvalue weighted by atomic mass is 10.1. The van der Waals surface area contributed by atoms with E-state index in [2.05, 4.69) is 9.97 Å². The van der Waals surface area contributed by atoms with E-state index in [9.17, 15) is 9.59 Å². The van der Waals surface area contributed by atoms with E-state index in [1.165, 1.54) is 12.1 Å². The maximum absolute atomic E-state index is 10.6. The summed E-state index contributed by atoms with van der Waals surface area (Å²) >= 11 is 0. The monoisotopic (exact) mass is 460 g/mol. The van der Waals surface area contributed by atoms with Gasteiger partial charge in [0.25, 0.3) is 0 Å². The van der Waals surface area contributed by atoms with Gasteiger partial charge in [0, 0.05) is 37.4 Å². The first-order chi connectivity index (χ1) is 16.5. The number of hydrogen-bond acceptors (Lipinski definition) is 5. The molecule has 0 aliphatic heterocycles. The van der Waals surface area contributed by atoms with Gasteiger partial charge in [-0.25, -0.2) is 19.6 Å². The van der Waals surface area contributed by atoms with Gasteiger partial charge in [0.05, 0.1) is 24.8 Å². The summed E-state index contributed by atoms with van der Waals surface area (Å²) in [4.78, 5) is 28.9. The number of carbonyl (C=O) groups is 2.